The number of aromatic nitrogens is 4. The molecule has 10 heteroatoms. The van der Waals surface area contributed by atoms with E-state index in [1.807, 2.05) is 17.9 Å². The number of nitrogens with two attached hydrogens (primary N) is 1. The minimum absolute atomic E-state index is 0.0215. The molecule has 3 heterocycles. The molecule has 1 amide bonds. The van der Waals surface area contributed by atoms with Gasteiger partial charge in [0, 0.05) is 37.0 Å². The van der Waals surface area contributed by atoms with Crippen molar-refractivity contribution in [2.75, 3.05) is 24.6 Å². The van der Waals surface area contributed by atoms with Crippen LogP contribution in [0.25, 0.3) is 0 Å². The summed E-state index contributed by atoms with van der Waals surface area (Å²) in [5.41, 5.74) is 6.47. The lowest BCUT2D eigenvalue weighted by molar-refractivity contribution is 0.0967. The Labute approximate surface area is 192 Å². The Kier molecular flexibility index (Phi) is 6.77. The predicted molar refractivity (Wildman–Crippen MR) is 119 cm³/mol. The first-order valence-corrected chi connectivity index (χ1v) is 11.3. The Morgan fingerprint density at radius 1 is 1.21 bits per heavy atom. The summed E-state index contributed by atoms with van der Waals surface area (Å²) in [4.78, 5) is 43.5. The SMILES string of the molecule is CCCC(=O)c1nc(OC[C@H]2C[C@H]2C#N)nc(N2CCC(c3cccc(C(N)=O)n3)CC2)n1. The zero-order valence-electron chi connectivity index (χ0n) is 18.6. The molecular weight excluding hydrogens is 422 g/mol. The van der Waals surface area contributed by atoms with Gasteiger partial charge >= 0.3 is 6.01 Å². The van der Waals surface area contributed by atoms with Crippen LogP contribution in [-0.2, 0) is 0 Å². The zero-order chi connectivity index (χ0) is 23.4. The fraction of sp³-hybridized carbons (Fsp3) is 0.522. The fourth-order valence-corrected chi connectivity index (χ4v) is 3.98. The number of Topliss-reactive ketones (excluding diaryl/α,β-unsaturated/α-hetero) is 1. The fourth-order valence-electron chi connectivity index (χ4n) is 3.98. The summed E-state index contributed by atoms with van der Waals surface area (Å²) >= 11 is 0. The maximum Gasteiger partial charge on any atom is 0.321 e. The van der Waals surface area contributed by atoms with Crippen LogP contribution >= 0.6 is 0 Å². The van der Waals surface area contributed by atoms with Gasteiger partial charge in [-0.15, -0.1) is 0 Å². The van der Waals surface area contributed by atoms with Gasteiger partial charge in [-0.2, -0.15) is 20.2 Å². The molecule has 2 fully saturated rings. The number of piperidine rings is 1. The lowest BCUT2D eigenvalue weighted by Crippen LogP contribution is -2.35. The second-order valence-electron chi connectivity index (χ2n) is 8.53. The number of carbonyl (C=O) groups excluding carboxylic acids is 2. The van der Waals surface area contributed by atoms with Gasteiger partial charge in [-0.25, -0.2) is 4.98 Å². The molecule has 2 aromatic heterocycles. The van der Waals surface area contributed by atoms with Crippen LogP contribution in [0.15, 0.2) is 18.2 Å². The van der Waals surface area contributed by atoms with Crippen molar-refractivity contribution >= 4 is 17.6 Å². The number of anilines is 1. The Morgan fingerprint density at radius 3 is 2.67 bits per heavy atom. The van der Waals surface area contributed by atoms with Crippen molar-refractivity contribution in [3.8, 4) is 12.1 Å². The normalized spacial score (nSPS) is 20.2. The molecule has 0 aromatic carbocycles. The maximum absolute atomic E-state index is 12.5. The Morgan fingerprint density at radius 2 is 2.00 bits per heavy atom. The van der Waals surface area contributed by atoms with Crippen LogP contribution in [0.1, 0.15) is 71.7 Å². The number of hydrogen-bond donors (Lipinski definition) is 1. The molecule has 2 aliphatic rings. The van der Waals surface area contributed by atoms with Gasteiger partial charge < -0.3 is 15.4 Å². The average molecular weight is 450 g/mol. The van der Waals surface area contributed by atoms with E-state index in [0.29, 0.717) is 38.5 Å². The van der Waals surface area contributed by atoms with Crippen LogP contribution in [0.5, 0.6) is 6.01 Å². The highest BCUT2D eigenvalue weighted by Gasteiger charge is 2.38. The first-order valence-electron chi connectivity index (χ1n) is 11.3. The summed E-state index contributed by atoms with van der Waals surface area (Å²) in [5.74, 6) is 0.250. The van der Waals surface area contributed by atoms with E-state index < -0.39 is 5.91 Å². The summed E-state index contributed by atoms with van der Waals surface area (Å²) in [5, 5.41) is 8.98. The van der Waals surface area contributed by atoms with Crippen molar-refractivity contribution < 1.29 is 14.3 Å². The van der Waals surface area contributed by atoms with E-state index in [9.17, 15) is 9.59 Å². The molecule has 33 heavy (non-hydrogen) atoms. The van der Waals surface area contributed by atoms with E-state index in [-0.39, 0.29) is 41.1 Å². The molecule has 0 radical (unpaired) electrons. The molecule has 2 aromatic rings. The lowest BCUT2D eigenvalue weighted by atomic mass is 9.93. The number of ether oxygens (including phenoxy) is 1. The van der Waals surface area contributed by atoms with Gasteiger partial charge in [-0.1, -0.05) is 13.0 Å². The minimum Gasteiger partial charge on any atom is -0.463 e. The number of ketones is 1. The highest BCUT2D eigenvalue weighted by atomic mass is 16.5. The summed E-state index contributed by atoms with van der Waals surface area (Å²) < 4.78 is 5.74. The molecule has 1 aliphatic carbocycles. The van der Waals surface area contributed by atoms with Crippen molar-refractivity contribution in [2.24, 2.45) is 17.6 Å². The van der Waals surface area contributed by atoms with Crippen molar-refractivity contribution in [2.45, 2.75) is 44.9 Å². The number of carbonyl (C=O) groups is 2. The average Bonchev–Trinajstić information content (AvgIpc) is 3.61. The van der Waals surface area contributed by atoms with Gasteiger partial charge in [0.25, 0.3) is 5.91 Å². The molecule has 10 nitrogen and oxygen atoms in total. The Hall–Kier alpha value is -3.61. The summed E-state index contributed by atoms with van der Waals surface area (Å²) in [7, 11) is 0. The molecule has 4 rings (SSSR count). The van der Waals surface area contributed by atoms with Crippen molar-refractivity contribution in [1.29, 1.82) is 5.26 Å². The maximum atomic E-state index is 12.5. The van der Waals surface area contributed by atoms with Crippen LogP contribution in [0, 0.1) is 23.2 Å². The van der Waals surface area contributed by atoms with Crippen LogP contribution in [0.4, 0.5) is 5.95 Å². The van der Waals surface area contributed by atoms with Gasteiger partial charge in [0.2, 0.25) is 11.8 Å². The predicted octanol–water partition coefficient (Wildman–Crippen LogP) is 2.27. The van der Waals surface area contributed by atoms with Crippen LogP contribution in [0.2, 0.25) is 0 Å². The molecule has 2 N–H and O–H groups in total. The molecule has 1 saturated carbocycles. The number of primary amides is 1. The molecule has 172 valence electrons. The third-order valence-corrected chi connectivity index (χ3v) is 6.06. The Balaban J connectivity index is 1.47. The van der Waals surface area contributed by atoms with Gasteiger partial charge in [-0.3, -0.25) is 9.59 Å². The van der Waals surface area contributed by atoms with E-state index in [4.69, 9.17) is 15.7 Å². The molecular formula is C23H27N7O3. The van der Waals surface area contributed by atoms with Gasteiger partial charge in [0.1, 0.15) is 5.69 Å². The molecule has 1 aliphatic heterocycles. The largest absolute Gasteiger partial charge is 0.463 e. The van der Waals surface area contributed by atoms with E-state index in [2.05, 4.69) is 26.0 Å². The minimum atomic E-state index is -0.538. The molecule has 0 unspecified atom stereocenters. The molecule has 2 atom stereocenters. The zero-order valence-corrected chi connectivity index (χ0v) is 18.6. The first kappa shape index (κ1) is 22.6. The number of hydrogen-bond acceptors (Lipinski definition) is 9. The molecule has 1 saturated heterocycles. The number of rotatable bonds is 9. The smallest absolute Gasteiger partial charge is 0.321 e. The van der Waals surface area contributed by atoms with Gasteiger partial charge in [-0.05, 0) is 37.8 Å². The van der Waals surface area contributed by atoms with Gasteiger partial charge in [0.05, 0.1) is 18.6 Å². The third-order valence-electron chi connectivity index (χ3n) is 6.06. The van der Waals surface area contributed by atoms with E-state index in [0.717, 1.165) is 25.0 Å². The third kappa shape index (κ3) is 5.42. The number of pyridine rings is 1. The second-order valence-corrected chi connectivity index (χ2v) is 8.53. The monoisotopic (exact) mass is 449 g/mol. The van der Waals surface area contributed by atoms with E-state index in [1.165, 1.54) is 0 Å². The van der Waals surface area contributed by atoms with Crippen molar-refractivity contribution in [1.82, 2.24) is 19.9 Å². The number of nitrogens with zero attached hydrogens (tertiary/aromatic N) is 6. The molecule has 0 spiro atoms. The number of nitriles is 1. The lowest BCUT2D eigenvalue weighted by Gasteiger charge is -2.31. The highest BCUT2D eigenvalue weighted by molar-refractivity contribution is 5.92. The van der Waals surface area contributed by atoms with E-state index >= 15 is 0 Å². The van der Waals surface area contributed by atoms with Gasteiger partial charge in [0.15, 0.2) is 5.78 Å². The topological polar surface area (TPSA) is 148 Å². The quantitative estimate of drug-likeness (QED) is 0.569. The first-order chi connectivity index (χ1) is 16.0. The van der Waals surface area contributed by atoms with Crippen molar-refractivity contribution in [3.05, 3.63) is 35.4 Å². The van der Waals surface area contributed by atoms with Crippen LogP contribution in [0.3, 0.4) is 0 Å². The van der Waals surface area contributed by atoms with Crippen LogP contribution < -0.4 is 15.4 Å². The standard InChI is InChI=1S/C23H27N7O3/c1-2-4-19(31)21-27-22(29-23(28-21)33-13-16-11-15(16)12-24)30-9-7-14(8-10-30)17-5-3-6-18(26-17)20(25)32/h3,5-6,14-16H,2,4,7-11,13H2,1H3,(H2,25,32)/t15-,16+/m0/s1. The van der Waals surface area contributed by atoms with E-state index in [1.54, 1.807) is 12.1 Å². The number of amides is 1. The summed E-state index contributed by atoms with van der Waals surface area (Å²) in [6, 6.07) is 7.69. The highest BCUT2D eigenvalue weighted by Crippen LogP contribution is 2.37. The molecule has 0 bridgehead atoms. The van der Waals surface area contributed by atoms with Crippen LogP contribution in [-0.4, -0.2) is 51.3 Å². The Bertz CT molecular complexity index is 1080. The summed E-state index contributed by atoms with van der Waals surface area (Å²) in [6.45, 7) is 3.61. The van der Waals surface area contributed by atoms with Crippen molar-refractivity contribution in [3.63, 3.8) is 0 Å². The summed E-state index contributed by atoms with van der Waals surface area (Å²) in [6.07, 6.45) is 3.45. The second kappa shape index (κ2) is 9.90.